The van der Waals surface area contributed by atoms with E-state index in [0.29, 0.717) is 0 Å². The van der Waals surface area contributed by atoms with E-state index >= 15 is 0 Å². The normalized spacial score (nSPS) is 14.2. The van der Waals surface area contributed by atoms with E-state index in [2.05, 4.69) is 84.6 Å². The Balaban J connectivity index is 3.42. The van der Waals surface area contributed by atoms with Crippen molar-refractivity contribution in [3.63, 3.8) is 0 Å². The van der Waals surface area contributed by atoms with Gasteiger partial charge in [0.1, 0.15) is 5.75 Å². The SMILES string of the molecule is CC(O)Oc1c(CN(C)CCN(C)C)cc(C(C)(C)C)cc1C(C)(C)C. The lowest BCUT2D eigenvalue weighted by Gasteiger charge is -2.31. The molecule has 0 saturated heterocycles. The van der Waals surface area contributed by atoms with Gasteiger partial charge in [-0.15, -0.1) is 0 Å². The summed E-state index contributed by atoms with van der Waals surface area (Å²) in [5.74, 6) is 0.831. The fraction of sp³-hybridized carbons (Fsp3) is 0.727. The van der Waals surface area contributed by atoms with Crippen LogP contribution in [0.25, 0.3) is 0 Å². The number of rotatable bonds is 7. The first-order chi connectivity index (χ1) is 11.7. The van der Waals surface area contributed by atoms with Crippen LogP contribution in [0.3, 0.4) is 0 Å². The zero-order chi connectivity index (χ0) is 20.3. The number of hydrogen-bond acceptors (Lipinski definition) is 4. The number of nitrogens with zero attached hydrogens (tertiary/aromatic N) is 2. The summed E-state index contributed by atoms with van der Waals surface area (Å²) >= 11 is 0. The van der Waals surface area contributed by atoms with Gasteiger partial charge < -0.3 is 19.6 Å². The minimum atomic E-state index is -0.831. The molecule has 4 heteroatoms. The molecule has 0 saturated carbocycles. The standard InChI is InChI=1S/C22H40N2O2/c1-16(25)26-20-17(15-24(10)12-11-23(8)9)13-18(21(2,3)4)14-19(20)22(5,6)7/h13-14,16,25H,11-12,15H2,1-10H3. The highest BCUT2D eigenvalue weighted by Gasteiger charge is 2.27. The van der Waals surface area contributed by atoms with E-state index in [-0.39, 0.29) is 10.8 Å². The fourth-order valence-electron chi connectivity index (χ4n) is 2.85. The molecule has 150 valence electrons. The average molecular weight is 365 g/mol. The predicted octanol–water partition coefficient (Wildman–Crippen LogP) is 3.99. The second-order valence-corrected chi connectivity index (χ2v) is 9.77. The Kier molecular flexibility index (Phi) is 7.70. The van der Waals surface area contributed by atoms with Crippen LogP contribution in [0.5, 0.6) is 5.75 Å². The van der Waals surface area contributed by atoms with Gasteiger partial charge in [0.25, 0.3) is 0 Å². The number of aliphatic hydroxyl groups is 1. The van der Waals surface area contributed by atoms with Crippen LogP contribution < -0.4 is 4.74 Å². The summed E-state index contributed by atoms with van der Waals surface area (Å²) in [6.07, 6.45) is -0.831. The molecular formula is C22H40N2O2. The van der Waals surface area contributed by atoms with Crippen LogP contribution in [0, 0.1) is 0 Å². The van der Waals surface area contributed by atoms with Crippen molar-refractivity contribution in [2.75, 3.05) is 34.2 Å². The average Bonchev–Trinajstić information content (AvgIpc) is 2.43. The van der Waals surface area contributed by atoms with Gasteiger partial charge in [-0.1, -0.05) is 53.7 Å². The van der Waals surface area contributed by atoms with Gasteiger partial charge in [-0.05, 0) is 44.5 Å². The summed E-state index contributed by atoms with van der Waals surface area (Å²) in [6.45, 7) is 17.8. The Hall–Kier alpha value is -1.10. The predicted molar refractivity (Wildman–Crippen MR) is 111 cm³/mol. The zero-order valence-corrected chi connectivity index (χ0v) is 18.6. The van der Waals surface area contributed by atoms with E-state index in [0.717, 1.165) is 36.5 Å². The maximum absolute atomic E-state index is 9.92. The molecule has 0 amide bonds. The van der Waals surface area contributed by atoms with Crippen molar-refractivity contribution in [1.82, 2.24) is 9.80 Å². The number of benzene rings is 1. The van der Waals surface area contributed by atoms with Crippen LogP contribution in [0.1, 0.15) is 65.2 Å². The number of ether oxygens (including phenoxy) is 1. The monoisotopic (exact) mass is 364 g/mol. The van der Waals surface area contributed by atoms with Gasteiger partial charge >= 0.3 is 0 Å². The molecule has 1 unspecified atom stereocenters. The first-order valence-corrected chi connectivity index (χ1v) is 9.57. The highest BCUT2D eigenvalue weighted by Crippen LogP contribution is 2.39. The first kappa shape index (κ1) is 22.9. The summed E-state index contributed by atoms with van der Waals surface area (Å²) in [6, 6.07) is 4.50. The zero-order valence-electron chi connectivity index (χ0n) is 18.6. The molecule has 0 heterocycles. The fourth-order valence-corrected chi connectivity index (χ4v) is 2.85. The lowest BCUT2D eigenvalue weighted by Crippen LogP contribution is -2.29. The first-order valence-electron chi connectivity index (χ1n) is 9.57. The number of aliphatic hydroxyl groups excluding tert-OH is 1. The molecule has 0 aromatic heterocycles. The molecule has 1 rings (SSSR count). The van der Waals surface area contributed by atoms with Crippen molar-refractivity contribution < 1.29 is 9.84 Å². The van der Waals surface area contributed by atoms with Crippen LogP contribution >= 0.6 is 0 Å². The Morgan fingerprint density at radius 1 is 0.962 bits per heavy atom. The lowest BCUT2D eigenvalue weighted by atomic mass is 9.79. The van der Waals surface area contributed by atoms with E-state index in [1.807, 2.05) is 0 Å². The Morgan fingerprint density at radius 2 is 1.54 bits per heavy atom. The molecule has 0 spiro atoms. The van der Waals surface area contributed by atoms with Gasteiger partial charge in [-0.2, -0.15) is 0 Å². The second-order valence-electron chi connectivity index (χ2n) is 9.77. The highest BCUT2D eigenvalue weighted by atomic mass is 16.6. The Morgan fingerprint density at radius 3 is 1.96 bits per heavy atom. The van der Waals surface area contributed by atoms with Crippen molar-refractivity contribution in [1.29, 1.82) is 0 Å². The van der Waals surface area contributed by atoms with Gasteiger partial charge in [-0.25, -0.2) is 0 Å². The van der Waals surface area contributed by atoms with Crippen molar-refractivity contribution >= 4 is 0 Å². The van der Waals surface area contributed by atoms with E-state index < -0.39 is 6.29 Å². The van der Waals surface area contributed by atoms with Gasteiger partial charge in [0, 0.05) is 30.8 Å². The summed E-state index contributed by atoms with van der Waals surface area (Å²) in [5, 5.41) is 9.92. The molecule has 1 atom stereocenters. The summed E-state index contributed by atoms with van der Waals surface area (Å²) in [7, 11) is 6.32. The molecule has 4 nitrogen and oxygen atoms in total. The summed E-state index contributed by atoms with van der Waals surface area (Å²) in [4.78, 5) is 4.50. The summed E-state index contributed by atoms with van der Waals surface area (Å²) < 4.78 is 5.92. The Labute approximate surface area is 161 Å². The van der Waals surface area contributed by atoms with Crippen LogP contribution in [-0.4, -0.2) is 55.4 Å². The van der Waals surface area contributed by atoms with Gasteiger partial charge in [-0.3, -0.25) is 0 Å². The second kappa shape index (κ2) is 8.73. The minimum Gasteiger partial charge on any atom is -0.465 e. The van der Waals surface area contributed by atoms with Crippen molar-refractivity contribution in [2.24, 2.45) is 0 Å². The van der Waals surface area contributed by atoms with E-state index in [9.17, 15) is 5.11 Å². The van der Waals surface area contributed by atoms with Crippen molar-refractivity contribution in [3.8, 4) is 5.75 Å². The lowest BCUT2D eigenvalue weighted by molar-refractivity contribution is -0.00271. The molecule has 0 bridgehead atoms. The third-order valence-corrected chi connectivity index (χ3v) is 4.50. The van der Waals surface area contributed by atoms with E-state index in [1.165, 1.54) is 5.56 Å². The number of likely N-dealkylation sites (N-methyl/N-ethyl adjacent to an activating group) is 2. The molecule has 1 aromatic rings. The van der Waals surface area contributed by atoms with Gasteiger partial charge in [0.15, 0.2) is 6.29 Å². The molecule has 0 fully saturated rings. The molecule has 1 aromatic carbocycles. The quantitative estimate of drug-likeness (QED) is 0.742. The van der Waals surface area contributed by atoms with Gasteiger partial charge in [0.2, 0.25) is 0 Å². The topological polar surface area (TPSA) is 35.9 Å². The molecule has 26 heavy (non-hydrogen) atoms. The minimum absolute atomic E-state index is 0.0559. The number of hydrogen-bond donors (Lipinski definition) is 1. The third kappa shape index (κ3) is 6.90. The molecule has 0 aliphatic heterocycles. The van der Waals surface area contributed by atoms with Crippen molar-refractivity contribution in [2.45, 2.75) is 72.1 Å². The van der Waals surface area contributed by atoms with Crippen LogP contribution in [-0.2, 0) is 17.4 Å². The maximum atomic E-state index is 9.92. The molecule has 1 N–H and O–H groups in total. The smallest absolute Gasteiger partial charge is 0.194 e. The molecule has 0 aliphatic carbocycles. The molecule has 0 aliphatic rings. The third-order valence-electron chi connectivity index (χ3n) is 4.50. The van der Waals surface area contributed by atoms with Crippen LogP contribution in [0.4, 0.5) is 0 Å². The van der Waals surface area contributed by atoms with E-state index in [1.54, 1.807) is 6.92 Å². The van der Waals surface area contributed by atoms with Crippen LogP contribution in [0.15, 0.2) is 12.1 Å². The van der Waals surface area contributed by atoms with Gasteiger partial charge in [0.05, 0.1) is 0 Å². The van der Waals surface area contributed by atoms with Crippen LogP contribution in [0.2, 0.25) is 0 Å². The largest absolute Gasteiger partial charge is 0.465 e. The van der Waals surface area contributed by atoms with E-state index in [4.69, 9.17) is 4.74 Å². The summed E-state index contributed by atoms with van der Waals surface area (Å²) in [5.41, 5.74) is 3.59. The maximum Gasteiger partial charge on any atom is 0.194 e. The molecule has 0 radical (unpaired) electrons. The molecular weight excluding hydrogens is 324 g/mol. The highest BCUT2D eigenvalue weighted by molar-refractivity contribution is 5.49. The van der Waals surface area contributed by atoms with Crippen molar-refractivity contribution in [3.05, 3.63) is 28.8 Å². The Bertz CT molecular complexity index is 581.